The van der Waals surface area contributed by atoms with Crippen LogP contribution in [0, 0.1) is 0 Å². The summed E-state index contributed by atoms with van der Waals surface area (Å²) < 4.78 is 1.48. The van der Waals surface area contributed by atoms with Gasteiger partial charge in [0.15, 0.2) is 0 Å². The lowest BCUT2D eigenvalue weighted by Crippen LogP contribution is -2.23. The van der Waals surface area contributed by atoms with Crippen LogP contribution in [0.4, 0.5) is 0 Å². The summed E-state index contributed by atoms with van der Waals surface area (Å²) in [6, 6.07) is 0. The summed E-state index contributed by atoms with van der Waals surface area (Å²) in [5.74, 6) is -0.405. The Kier molecular flexibility index (Phi) is 2.66. The summed E-state index contributed by atoms with van der Waals surface area (Å²) in [5, 5.41) is 0.750. The Bertz CT molecular complexity index is 686. The van der Waals surface area contributed by atoms with Gasteiger partial charge in [-0.3, -0.25) is 14.2 Å². The van der Waals surface area contributed by atoms with Crippen molar-refractivity contribution in [2.75, 3.05) is 0 Å². The highest BCUT2D eigenvalue weighted by atomic mass is 32.1. The van der Waals surface area contributed by atoms with Gasteiger partial charge in [-0.05, 0) is 24.8 Å². The van der Waals surface area contributed by atoms with Crippen molar-refractivity contribution in [1.29, 1.82) is 0 Å². The number of amides is 1. The first kappa shape index (κ1) is 11.4. The zero-order valence-electron chi connectivity index (χ0n) is 9.81. The first-order valence-electron chi connectivity index (χ1n) is 5.95. The van der Waals surface area contributed by atoms with Gasteiger partial charge in [-0.1, -0.05) is 0 Å². The normalized spacial score (nSPS) is 14.0. The summed E-state index contributed by atoms with van der Waals surface area (Å²) in [6.07, 6.45) is 4.81. The molecule has 0 saturated heterocycles. The molecule has 2 aromatic heterocycles. The summed E-state index contributed by atoms with van der Waals surface area (Å²) >= 11 is 1.62. The number of aromatic nitrogens is 2. The van der Waals surface area contributed by atoms with E-state index in [1.807, 2.05) is 0 Å². The highest BCUT2D eigenvalue weighted by molar-refractivity contribution is 7.18. The number of primary amides is 1. The van der Waals surface area contributed by atoms with Crippen molar-refractivity contribution >= 4 is 27.5 Å². The van der Waals surface area contributed by atoms with E-state index in [2.05, 4.69) is 4.98 Å². The Hall–Kier alpha value is -1.69. The van der Waals surface area contributed by atoms with Crippen LogP contribution in [-0.2, 0) is 24.2 Å². The van der Waals surface area contributed by atoms with Crippen molar-refractivity contribution in [3.05, 3.63) is 27.1 Å². The van der Waals surface area contributed by atoms with Gasteiger partial charge in [-0.25, -0.2) is 4.98 Å². The Morgan fingerprint density at radius 2 is 2.33 bits per heavy atom. The Morgan fingerprint density at radius 1 is 1.50 bits per heavy atom. The lowest BCUT2D eigenvalue weighted by atomic mass is 10.2. The topological polar surface area (TPSA) is 78.0 Å². The third-order valence-corrected chi connectivity index (χ3v) is 4.49. The zero-order valence-corrected chi connectivity index (χ0v) is 10.6. The smallest absolute Gasteiger partial charge is 0.262 e. The van der Waals surface area contributed by atoms with Crippen LogP contribution >= 0.6 is 11.3 Å². The molecule has 0 radical (unpaired) electrons. The molecule has 18 heavy (non-hydrogen) atoms. The van der Waals surface area contributed by atoms with E-state index >= 15 is 0 Å². The van der Waals surface area contributed by atoms with Crippen LogP contribution in [0.15, 0.2) is 11.1 Å². The third-order valence-electron chi connectivity index (χ3n) is 3.29. The number of carbonyl (C=O) groups is 1. The van der Waals surface area contributed by atoms with Gasteiger partial charge in [0, 0.05) is 17.8 Å². The van der Waals surface area contributed by atoms with E-state index < -0.39 is 5.91 Å². The van der Waals surface area contributed by atoms with Crippen molar-refractivity contribution < 1.29 is 4.79 Å². The zero-order chi connectivity index (χ0) is 12.7. The van der Waals surface area contributed by atoms with E-state index in [9.17, 15) is 9.59 Å². The van der Waals surface area contributed by atoms with Crippen molar-refractivity contribution in [3.8, 4) is 0 Å². The maximum atomic E-state index is 12.3. The third kappa shape index (κ3) is 1.73. The van der Waals surface area contributed by atoms with Gasteiger partial charge in [0.1, 0.15) is 4.83 Å². The second-order valence-electron chi connectivity index (χ2n) is 4.50. The minimum absolute atomic E-state index is 0.0411. The molecule has 0 atom stereocenters. The van der Waals surface area contributed by atoms with Crippen LogP contribution in [0.1, 0.15) is 23.3 Å². The first-order chi connectivity index (χ1) is 8.66. The molecule has 0 bridgehead atoms. The number of aryl methyl sites for hydroxylation is 3. The van der Waals surface area contributed by atoms with E-state index in [1.54, 1.807) is 11.3 Å². The fourth-order valence-corrected chi connectivity index (χ4v) is 3.63. The van der Waals surface area contributed by atoms with E-state index in [0.717, 1.165) is 29.5 Å². The van der Waals surface area contributed by atoms with Crippen LogP contribution in [0.25, 0.3) is 10.2 Å². The van der Waals surface area contributed by atoms with Crippen LogP contribution in [0.2, 0.25) is 0 Å². The minimum atomic E-state index is -0.405. The van der Waals surface area contributed by atoms with Gasteiger partial charge in [-0.15, -0.1) is 11.3 Å². The maximum Gasteiger partial charge on any atom is 0.262 e. The lowest BCUT2D eigenvalue weighted by molar-refractivity contribution is -0.118. The molecule has 2 aromatic rings. The van der Waals surface area contributed by atoms with Crippen molar-refractivity contribution in [1.82, 2.24) is 9.55 Å². The molecule has 5 nitrogen and oxygen atoms in total. The average molecular weight is 263 g/mol. The first-order valence-corrected chi connectivity index (χ1v) is 6.76. The quantitative estimate of drug-likeness (QED) is 0.890. The number of rotatable bonds is 3. The second kappa shape index (κ2) is 4.20. The van der Waals surface area contributed by atoms with E-state index in [-0.39, 0.29) is 12.0 Å². The predicted molar refractivity (Wildman–Crippen MR) is 69.7 cm³/mol. The fourth-order valence-electron chi connectivity index (χ4n) is 2.41. The molecular formula is C12H13N3O2S. The molecule has 2 heterocycles. The van der Waals surface area contributed by atoms with Gasteiger partial charge in [-0.2, -0.15) is 0 Å². The molecule has 0 aromatic carbocycles. The van der Waals surface area contributed by atoms with Gasteiger partial charge in [0.25, 0.3) is 5.56 Å². The highest BCUT2D eigenvalue weighted by Crippen LogP contribution is 2.34. The molecule has 0 fully saturated rings. The summed E-state index contributed by atoms with van der Waals surface area (Å²) in [4.78, 5) is 29.5. The molecule has 1 aliphatic rings. The largest absolute Gasteiger partial charge is 0.370 e. The number of hydrogen-bond acceptors (Lipinski definition) is 4. The predicted octanol–water partition coefficient (Wildman–Crippen LogP) is 0.822. The number of fused-ring (bicyclic) bond motifs is 3. The summed E-state index contributed by atoms with van der Waals surface area (Å²) in [6.45, 7) is 0.307. The lowest BCUT2D eigenvalue weighted by Gasteiger charge is -2.03. The number of nitrogens with zero attached hydrogens (tertiary/aromatic N) is 2. The minimum Gasteiger partial charge on any atom is -0.370 e. The Labute approximate surface area is 107 Å². The van der Waals surface area contributed by atoms with Gasteiger partial charge >= 0.3 is 0 Å². The molecular weight excluding hydrogens is 250 g/mol. The van der Waals surface area contributed by atoms with Gasteiger partial charge < -0.3 is 5.73 Å². The maximum absolute atomic E-state index is 12.3. The van der Waals surface area contributed by atoms with Crippen LogP contribution < -0.4 is 11.3 Å². The van der Waals surface area contributed by atoms with E-state index in [1.165, 1.54) is 21.3 Å². The second-order valence-corrected chi connectivity index (χ2v) is 5.58. The van der Waals surface area contributed by atoms with E-state index in [4.69, 9.17) is 5.73 Å². The molecule has 0 spiro atoms. The molecule has 1 amide bonds. The molecule has 1 aliphatic carbocycles. The Morgan fingerprint density at radius 3 is 3.11 bits per heavy atom. The van der Waals surface area contributed by atoms with E-state index in [0.29, 0.717) is 6.54 Å². The van der Waals surface area contributed by atoms with Crippen molar-refractivity contribution in [3.63, 3.8) is 0 Å². The van der Waals surface area contributed by atoms with Gasteiger partial charge in [0.2, 0.25) is 5.91 Å². The monoisotopic (exact) mass is 263 g/mol. The number of carbonyl (C=O) groups excluding carboxylic acids is 1. The molecule has 94 valence electrons. The summed E-state index contributed by atoms with van der Waals surface area (Å²) in [7, 11) is 0. The highest BCUT2D eigenvalue weighted by Gasteiger charge is 2.21. The number of thiophene rings is 1. The fraction of sp³-hybridized carbons (Fsp3) is 0.417. The molecule has 2 N–H and O–H groups in total. The molecule has 0 unspecified atom stereocenters. The molecule has 3 rings (SSSR count). The van der Waals surface area contributed by atoms with Crippen LogP contribution in [0.5, 0.6) is 0 Å². The standard InChI is InChI=1S/C12H13N3O2S/c13-9(16)4-5-15-6-14-11-10(12(15)17)7-2-1-3-8(7)18-11/h6H,1-5H2,(H2,13,16). The Balaban J connectivity index is 2.10. The molecule has 6 heteroatoms. The average Bonchev–Trinajstić information content (AvgIpc) is 2.87. The van der Waals surface area contributed by atoms with Gasteiger partial charge in [0.05, 0.1) is 11.7 Å². The summed E-state index contributed by atoms with van der Waals surface area (Å²) in [5.41, 5.74) is 6.23. The van der Waals surface area contributed by atoms with Crippen molar-refractivity contribution in [2.45, 2.75) is 32.2 Å². The molecule has 0 saturated carbocycles. The number of nitrogens with two attached hydrogens (primary N) is 1. The SMILES string of the molecule is NC(=O)CCn1cnc2sc3c(c2c1=O)CCC3. The van der Waals surface area contributed by atoms with Crippen LogP contribution in [0.3, 0.4) is 0 Å². The van der Waals surface area contributed by atoms with Crippen LogP contribution in [-0.4, -0.2) is 15.5 Å². The van der Waals surface area contributed by atoms with Crippen molar-refractivity contribution in [2.24, 2.45) is 5.73 Å². The molecule has 0 aliphatic heterocycles. The number of hydrogen-bond donors (Lipinski definition) is 1.